The quantitative estimate of drug-likeness (QED) is 0.502. The van der Waals surface area contributed by atoms with E-state index in [1.165, 1.54) is 0 Å². The molecule has 0 saturated carbocycles. The van der Waals surface area contributed by atoms with E-state index in [1.54, 1.807) is 0 Å². The number of rotatable bonds is 2. The van der Waals surface area contributed by atoms with Crippen LogP contribution in [0.15, 0.2) is 0 Å². The van der Waals surface area contributed by atoms with Gasteiger partial charge in [0.1, 0.15) is 12.6 Å². The Bertz CT molecular complexity index is 131. The lowest BCUT2D eigenvalue weighted by molar-refractivity contribution is -0.114. The first-order valence-corrected chi connectivity index (χ1v) is 3.42. The van der Waals surface area contributed by atoms with Gasteiger partial charge in [0.05, 0.1) is 12.1 Å². The van der Waals surface area contributed by atoms with Crippen LogP contribution in [0.4, 0.5) is 0 Å². The molecule has 1 rings (SSSR count). The van der Waals surface area contributed by atoms with Crippen LogP contribution in [-0.2, 0) is 9.59 Å². The van der Waals surface area contributed by atoms with Gasteiger partial charge in [-0.05, 0) is 19.9 Å². The first-order chi connectivity index (χ1) is 4.79. The maximum absolute atomic E-state index is 10.3. The molecule has 1 aliphatic rings. The van der Waals surface area contributed by atoms with E-state index < -0.39 is 0 Å². The van der Waals surface area contributed by atoms with Crippen molar-refractivity contribution in [2.75, 3.05) is 7.05 Å². The number of carbonyl (C=O) groups is 2. The van der Waals surface area contributed by atoms with Gasteiger partial charge < -0.3 is 9.59 Å². The summed E-state index contributed by atoms with van der Waals surface area (Å²) < 4.78 is 0. The third-order valence-corrected chi connectivity index (χ3v) is 2.12. The van der Waals surface area contributed by atoms with E-state index >= 15 is 0 Å². The van der Waals surface area contributed by atoms with Crippen LogP contribution in [0.5, 0.6) is 0 Å². The maximum atomic E-state index is 10.3. The summed E-state index contributed by atoms with van der Waals surface area (Å²) in [6.45, 7) is 0. The second kappa shape index (κ2) is 2.92. The number of hydrogen-bond acceptors (Lipinski definition) is 3. The Morgan fingerprint density at radius 3 is 1.80 bits per heavy atom. The van der Waals surface area contributed by atoms with Crippen LogP contribution < -0.4 is 0 Å². The van der Waals surface area contributed by atoms with Crippen molar-refractivity contribution in [1.29, 1.82) is 0 Å². The van der Waals surface area contributed by atoms with Gasteiger partial charge in [-0.3, -0.25) is 4.90 Å². The molecule has 0 amide bonds. The lowest BCUT2D eigenvalue weighted by atomic mass is 10.2. The lowest BCUT2D eigenvalue weighted by Crippen LogP contribution is -2.33. The van der Waals surface area contributed by atoms with E-state index in [0.717, 1.165) is 25.4 Å². The summed E-state index contributed by atoms with van der Waals surface area (Å²) in [4.78, 5) is 22.5. The predicted octanol–water partition coefficient (Wildman–Crippen LogP) is -0.153. The minimum absolute atomic E-state index is 0.0322. The van der Waals surface area contributed by atoms with E-state index in [2.05, 4.69) is 0 Å². The largest absolute Gasteiger partial charge is 0.302 e. The Morgan fingerprint density at radius 1 is 1.20 bits per heavy atom. The van der Waals surface area contributed by atoms with Gasteiger partial charge in [0.15, 0.2) is 0 Å². The van der Waals surface area contributed by atoms with Crippen LogP contribution in [0.1, 0.15) is 12.8 Å². The van der Waals surface area contributed by atoms with Gasteiger partial charge in [-0.15, -0.1) is 0 Å². The van der Waals surface area contributed by atoms with Gasteiger partial charge in [0, 0.05) is 0 Å². The van der Waals surface area contributed by atoms with Crippen molar-refractivity contribution < 1.29 is 9.59 Å². The van der Waals surface area contributed by atoms with Crippen LogP contribution in [0, 0.1) is 0 Å². The highest BCUT2D eigenvalue weighted by Gasteiger charge is 2.29. The Balaban J connectivity index is 2.56. The average Bonchev–Trinajstić information content (AvgIpc) is 2.30. The molecular weight excluding hydrogens is 130 g/mol. The van der Waals surface area contributed by atoms with Crippen molar-refractivity contribution in [3.8, 4) is 0 Å². The summed E-state index contributed by atoms with van der Waals surface area (Å²) in [5.74, 6) is 0. The molecule has 1 saturated heterocycles. The monoisotopic (exact) mass is 141 g/mol. The molecule has 3 nitrogen and oxygen atoms in total. The smallest absolute Gasteiger partial charge is 0.137 e. The topological polar surface area (TPSA) is 37.4 Å². The van der Waals surface area contributed by atoms with E-state index in [-0.39, 0.29) is 12.1 Å². The molecule has 1 heterocycles. The average molecular weight is 141 g/mol. The summed E-state index contributed by atoms with van der Waals surface area (Å²) in [5, 5.41) is 0. The zero-order chi connectivity index (χ0) is 7.56. The molecule has 3 heteroatoms. The Hall–Kier alpha value is -0.700. The van der Waals surface area contributed by atoms with Crippen LogP contribution >= 0.6 is 0 Å². The molecule has 56 valence electrons. The van der Waals surface area contributed by atoms with E-state index in [4.69, 9.17) is 0 Å². The standard InChI is InChI=1S/C7H11NO2/c1-8-6(4-9)2-3-7(8)5-10/h4-7H,2-3H2,1H3/t6-,7-/m1/s1. The van der Waals surface area contributed by atoms with Crippen molar-refractivity contribution >= 4 is 12.6 Å². The van der Waals surface area contributed by atoms with Gasteiger partial charge >= 0.3 is 0 Å². The molecule has 1 fully saturated rings. The first-order valence-electron chi connectivity index (χ1n) is 3.42. The fourth-order valence-corrected chi connectivity index (χ4v) is 1.32. The van der Waals surface area contributed by atoms with Crippen molar-refractivity contribution in [3.05, 3.63) is 0 Å². The van der Waals surface area contributed by atoms with Crippen LogP contribution in [0.3, 0.4) is 0 Å². The van der Waals surface area contributed by atoms with Gasteiger partial charge in [-0.25, -0.2) is 0 Å². The highest BCUT2D eigenvalue weighted by Crippen LogP contribution is 2.18. The van der Waals surface area contributed by atoms with Gasteiger partial charge in [0.25, 0.3) is 0 Å². The second-order valence-electron chi connectivity index (χ2n) is 2.65. The third-order valence-electron chi connectivity index (χ3n) is 2.12. The van der Waals surface area contributed by atoms with Gasteiger partial charge in [-0.1, -0.05) is 0 Å². The molecule has 0 aliphatic carbocycles. The van der Waals surface area contributed by atoms with Gasteiger partial charge in [0.2, 0.25) is 0 Å². The number of carbonyl (C=O) groups excluding carboxylic acids is 2. The molecule has 0 aromatic rings. The van der Waals surface area contributed by atoms with Gasteiger partial charge in [-0.2, -0.15) is 0 Å². The predicted molar refractivity (Wildman–Crippen MR) is 36.7 cm³/mol. The molecular formula is C7H11NO2. The zero-order valence-corrected chi connectivity index (χ0v) is 5.99. The second-order valence-corrected chi connectivity index (χ2v) is 2.65. The fourth-order valence-electron chi connectivity index (χ4n) is 1.32. The Kier molecular flexibility index (Phi) is 2.17. The third kappa shape index (κ3) is 1.09. The highest BCUT2D eigenvalue weighted by molar-refractivity contribution is 5.64. The normalized spacial score (nSPS) is 34.1. The number of nitrogens with zero attached hydrogens (tertiary/aromatic N) is 1. The van der Waals surface area contributed by atoms with Crippen LogP contribution in [0.25, 0.3) is 0 Å². The first kappa shape index (κ1) is 7.41. The molecule has 1 aliphatic heterocycles. The number of hydrogen-bond donors (Lipinski definition) is 0. The Labute approximate surface area is 60.0 Å². The molecule has 0 aromatic heterocycles. The van der Waals surface area contributed by atoms with Crippen LogP contribution in [-0.4, -0.2) is 36.6 Å². The fraction of sp³-hybridized carbons (Fsp3) is 0.714. The van der Waals surface area contributed by atoms with E-state index in [0.29, 0.717) is 0 Å². The summed E-state index contributed by atoms with van der Waals surface area (Å²) >= 11 is 0. The molecule has 0 radical (unpaired) electrons. The number of likely N-dealkylation sites (tertiary alicyclic amines) is 1. The zero-order valence-electron chi connectivity index (χ0n) is 5.99. The minimum atomic E-state index is -0.0322. The highest BCUT2D eigenvalue weighted by atomic mass is 16.1. The number of aldehydes is 2. The molecule has 0 bridgehead atoms. The number of likely N-dealkylation sites (N-methyl/N-ethyl adjacent to an activating group) is 1. The summed E-state index contributed by atoms with van der Waals surface area (Å²) in [7, 11) is 1.81. The maximum Gasteiger partial charge on any atom is 0.137 e. The van der Waals surface area contributed by atoms with Crippen molar-refractivity contribution in [1.82, 2.24) is 4.90 Å². The van der Waals surface area contributed by atoms with E-state index in [9.17, 15) is 9.59 Å². The molecule has 0 unspecified atom stereocenters. The molecule has 0 N–H and O–H groups in total. The molecule has 2 atom stereocenters. The minimum Gasteiger partial charge on any atom is -0.302 e. The molecule has 0 aromatic carbocycles. The summed E-state index contributed by atoms with van der Waals surface area (Å²) in [5.41, 5.74) is 0. The van der Waals surface area contributed by atoms with E-state index in [1.807, 2.05) is 11.9 Å². The van der Waals surface area contributed by atoms with Crippen molar-refractivity contribution in [2.45, 2.75) is 24.9 Å². The lowest BCUT2D eigenvalue weighted by Gasteiger charge is -2.16. The molecule has 0 spiro atoms. The SMILES string of the molecule is CN1[C@@H](C=O)CC[C@@H]1C=O. The summed E-state index contributed by atoms with van der Waals surface area (Å²) in [6, 6.07) is -0.0644. The van der Waals surface area contributed by atoms with Crippen molar-refractivity contribution in [3.63, 3.8) is 0 Å². The molecule has 10 heavy (non-hydrogen) atoms. The summed E-state index contributed by atoms with van der Waals surface area (Å²) in [6.07, 6.45) is 3.46. The van der Waals surface area contributed by atoms with Crippen molar-refractivity contribution in [2.24, 2.45) is 0 Å². The Morgan fingerprint density at radius 2 is 1.60 bits per heavy atom. The van der Waals surface area contributed by atoms with Crippen LogP contribution in [0.2, 0.25) is 0 Å².